The number of ether oxygens (including phenoxy) is 1. The Balaban J connectivity index is 1.93. The predicted molar refractivity (Wildman–Crippen MR) is 76.1 cm³/mol. The zero-order valence-electron chi connectivity index (χ0n) is 11.4. The lowest BCUT2D eigenvalue weighted by molar-refractivity contribution is 0.0953. The van der Waals surface area contributed by atoms with Gasteiger partial charge in [-0.1, -0.05) is 0 Å². The number of amides is 1. The van der Waals surface area contributed by atoms with E-state index in [1.807, 2.05) is 31.2 Å². The number of nitrogens with zero attached hydrogens (tertiary/aromatic N) is 1. The summed E-state index contributed by atoms with van der Waals surface area (Å²) in [7, 11) is 0. The lowest BCUT2D eigenvalue weighted by Gasteiger charge is -2.02. The van der Waals surface area contributed by atoms with Gasteiger partial charge in [0, 0.05) is 0 Å². The first-order valence-electron chi connectivity index (χ1n) is 6.31. The zero-order valence-corrected chi connectivity index (χ0v) is 11.4. The van der Waals surface area contributed by atoms with E-state index in [0.29, 0.717) is 17.9 Å². The fourth-order valence-electron chi connectivity index (χ4n) is 1.66. The Morgan fingerprint density at radius 1 is 1.35 bits per heavy atom. The third-order valence-electron chi connectivity index (χ3n) is 2.67. The summed E-state index contributed by atoms with van der Waals surface area (Å²) in [6, 6.07) is 9.05. The average molecular weight is 272 g/mol. The number of carbonyl (C=O) groups is 1. The molecule has 0 fully saturated rings. The third-order valence-corrected chi connectivity index (χ3v) is 2.67. The van der Waals surface area contributed by atoms with Crippen LogP contribution in [0.1, 0.15) is 28.6 Å². The van der Waals surface area contributed by atoms with Gasteiger partial charge in [-0.15, -0.1) is 0 Å². The van der Waals surface area contributed by atoms with E-state index in [0.717, 1.165) is 11.3 Å². The topological polar surface area (TPSA) is 63.8 Å². The first kappa shape index (κ1) is 13.9. The Labute approximate surface area is 117 Å². The van der Waals surface area contributed by atoms with Crippen LogP contribution >= 0.6 is 0 Å². The van der Waals surface area contributed by atoms with Gasteiger partial charge in [-0.3, -0.25) is 4.79 Å². The van der Waals surface area contributed by atoms with E-state index in [4.69, 9.17) is 9.15 Å². The van der Waals surface area contributed by atoms with Crippen LogP contribution in [0.3, 0.4) is 0 Å². The van der Waals surface area contributed by atoms with E-state index in [1.165, 1.54) is 6.26 Å². The number of hydrogen-bond acceptors (Lipinski definition) is 4. The second-order valence-electron chi connectivity index (χ2n) is 4.09. The molecule has 0 spiro atoms. The Bertz CT molecular complexity index is 600. The van der Waals surface area contributed by atoms with Crippen molar-refractivity contribution in [3.05, 3.63) is 53.5 Å². The normalized spacial score (nSPS) is 10.7. The summed E-state index contributed by atoms with van der Waals surface area (Å²) in [5.41, 5.74) is 3.81. The van der Waals surface area contributed by atoms with E-state index in [-0.39, 0.29) is 5.91 Å². The van der Waals surface area contributed by atoms with Crippen LogP contribution in [0.5, 0.6) is 5.75 Å². The minimum atomic E-state index is -0.293. The van der Waals surface area contributed by atoms with E-state index in [1.54, 1.807) is 19.2 Å². The molecule has 5 nitrogen and oxygen atoms in total. The molecule has 5 heteroatoms. The van der Waals surface area contributed by atoms with Crippen molar-refractivity contribution in [1.29, 1.82) is 0 Å². The van der Waals surface area contributed by atoms with E-state index < -0.39 is 0 Å². The summed E-state index contributed by atoms with van der Waals surface area (Å²) >= 11 is 0. The number of aryl methyl sites for hydroxylation is 1. The molecular formula is C15H16N2O3. The van der Waals surface area contributed by atoms with Crippen LogP contribution in [0, 0.1) is 6.92 Å². The third kappa shape index (κ3) is 3.47. The molecule has 0 radical (unpaired) electrons. The molecule has 0 saturated heterocycles. The molecule has 0 atom stereocenters. The van der Waals surface area contributed by atoms with Crippen LogP contribution in [-0.2, 0) is 0 Å². The second kappa shape index (κ2) is 6.56. The Kier molecular flexibility index (Phi) is 4.55. The molecule has 104 valence electrons. The minimum absolute atomic E-state index is 0.293. The van der Waals surface area contributed by atoms with E-state index in [9.17, 15) is 4.79 Å². The zero-order chi connectivity index (χ0) is 14.4. The molecule has 0 bridgehead atoms. The van der Waals surface area contributed by atoms with Crippen LogP contribution < -0.4 is 10.2 Å². The molecule has 20 heavy (non-hydrogen) atoms. The molecule has 1 aromatic carbocycles. The highest BCUT2D eigenvalue weighted by molar-refractivity contribution is 5.95. The fraction of sp³-hybridized carbons (Fsp3) is 0.200. The molecule has 1 aromatic heterocycles. The monoisotopic (exact) mass is 272 g/mol. The van der Waals surface area contributed by atoms with Crippen molar-refractivity contribution >= 4 is 12.1 Å². The molecule has 1 N–H and O–H groups in total. The maximum atomic E-state index is 11.8. The van der Waals surface area contributed by atoms with Crippen LogP contribution in [0.4, 0.5) is 0 Å². The smallest absolute Gasteiger partial charge is 0.274 e. The molecule has 2 aromatic rings. The summed E-state index contributed by atoms with van der Waals surface area (Å²) < 4.78 is 10.4. The first-order chi connectivity index (χ1) is 9.70. The average Bonchev–Trinajstić information content (AvgIpc) is 2.87. The van der Waals surface area contributed by atoms with Crippen molar-refractivity contribution in [3.63, 3.8) is 0 Å². The number of hydrogen-bond donors (Lipinski definition) is 1. The fourth-order valence-corrected chi connectivity index (χ4v) is 1.66. The highest BCUT2D eigenvalue weighted by atomic mass is 16.5. The lowest BCUT2D eigenvalue weighted by atomic mass is 10.2. The maximum absolute atomic E-state index is 11.8. The highest BCUT2D eigenvalue weighted by Gasteiger charge is 2.09. The Hall–Kier alpha value is -2.56. The molecule has 0 aliphatic rings. The number of carbonyl (C=O) groups excluding carboxylic acids is 1. The summed E-state index contributed by atoms with van der Waals surface area (Å²) in [6.07, 6.45) is 3.05. The van der Waals surface area contributed by atoms with Gasteiger partial charge < -0.3 is 9.15 Å². The van der Waals surface area contributed by atoms with Gasteiger partial charge >= 0.3 is 0 Å². The van der Waals surface area contributed by atoms with Crippen LogP contribution in [0.2, 0.25) is 0 Å². The molecule has 0 unspecified atom stereocenters. The quantitative estimate of drug-likeness (QED) is 0.672. The molecule has 1 amide bonds. The van der Waals surface area contributed by atoms with Gasteiger partial charge in [0.1, 0.15) is 11.5 Å². The molecule has 0 aliphatic heterocycles. The van der Waals surface area contributed by atoms with Crippen LogP contribution in [0.15, 0.2) is 46.1 Å². The van der Waals surface area contributed by atoms with Crippen molar-refractivity contribution in [3.8, 4) is 5.75 Å². The minimum Gasteiger partial charge on any atom is -0.494 e. The first-order valence-corrected chi connectivity index (χ1v) is 6.31. The number of rotatable bonds is 5. The Morgan fingerprint density at radius 3 is 2.70 bits per heavy atom. The molecule has 2 rings (SSSR count). The number of nitrogens with one attached hydrogen (secondary N) is 1. The summed E-state index contributed by atoms with van der Waals surface area (Å²) in [4.78, 5) is 11.8. The van der Waals surface area contributed by atoms with Gasteiger partial charge in [0.2, 0.25) is 0 Å². The van der Waals surface area contributed by atoms with Gasteiger partial charge in [-0.05, 0) is 49.7 Å². The van der Waals surface area contributed by atoms with Gasteiger partial charge in [0.25, 0.3) is 5.91 Å². The van der Waals surface area contributed by atoms with Crippen molar-refractivity contribution < 1.29 is 13.9 Å². The molecule has 1 heterocycles. The SMILES string of the molecule is CCOc1ccc(/C=N\NC(=O)c2ccoc2C)cc1. The van der Waals surface area contributed by atoms with E-state index in [2.05, 4.69) is 10.5 Å². The van der Waals surface area contributed by atoms with Gasteiger partial charge in [-0.2, -0.15) is 5.10 Å². The van der Waals surface area contributed by atoms with Crippen molar-refractivity contribution in [2.45, 2.75) is 13.8 Å². The highest BCUT2D eigenvalue weighted by Crippen LogP contribution is 2.11. The Morgan fingerprint density at radius 2 is 2.10 bits per heavy atom. The second-order valence-corrected chi connectivity index (χ2v) is 4.09. The standard InChI is InChI=1S/C15H16N2O3/c1-3-19-13-6-4-12(5-7-13)10-16-17-15(18)14-8-9-20-11(14)2/h4-10H,3H2,1-2H3,(H,17,18)/b16-10-. The molecule has 0 saturated carbocycles. The van der Waals surface area contributed by atoms with E-state index >= 15 is 0 Å². The lowest BCUT2D eigenvalue weighted by Crippen LogP contribution is -2.17. The van der Waals surface area contributed by atoms with Gasteiger partial charge in [-0.25, -0.2) is 5.43 Å². The van der Waals surface area contributed by atoms with Crippen LogP contribution in [0.25, 0.3) is 0 Å². The predicted octanol–water partition coefficient (Wildman–Crippen LogP) is 2.75. The summed E-state index contributed by atoms with van der Waals surface area (Å²) in [5, 5.41) is 3.91. The van der Waals surface area contributed by atoms with Crippen molar-refractivity contribution in [1.82, 2.24) is 5.43 Å². The summed E-state index contributed by atoms with van der Waals surface area (Å²) in [5.74, 6) is 1.08. The largest absolute Gasteiger partial charge is 0.494 e. The maximum Gasteiger partial charge on any atom is 0.274 e. The molecular weight excluding hydrogens is 256 g/mol. The van der Waals surface area contributed by atoms with Crippen molar-refractivity contribution in [2.24, 2.45) is 5.10 Å². The number of hydrazone groups is 1. The van der Waals surface area contributed by atoms with Gasteiger partial charge in [0.15, 0.2) is 0 Å². The molecule has 0 aliphatic carbocycles. The number of furan rings is 1. The number of benzene rings is 1. The van der Waals surface area contributed by atoms with Crippen molar-refractivity contribution in [2.75, 3.05) is 6.61 Å². The van der Waals surface area contributed by atoms with Crippen LogP contribution in [-0.4, -0.2) is 18.7 Å². The van der Waals surface area contributed by atoms with Gasteiger partial charge in [0.05, 0.1) is 24.6 Å². The summed E-state index contributed by atoms with van der Waals surface area (Å²) in [6.45, 7) is 4.29.